The Morgan fingerprint density at radius 2 is 1.55 bits per heavy atom. The fraction of sp³-hybridized carbons (Fsp3) is 0.381. The molecular formula is C21H26O. The molecule has 0 spiro atoms. The van der Waals surface area contributed by atoms with Gasteiger partial charge in [0.05, 0.1) is 0 Å². The maximum atomic E-state index is 12.6. The van der Waals surface area contributed by atoms with Crippen molar-refractivity contribution in [2.75, 3.05) is 0 Å². The maximum absolute atomic E-state index is 12.6. The SMILES string of the molecule is CC(C)CCCCCc1ccccc1C(=O)c1ccccc1. The second-order valence-electron chi connectivity index (χ2n) is 6.35. The van der Waals surface area contributed by atoms with Crippen LogP contribution in [0.1, 0.15) is 61.0 Å². The Morgan fingerprint density at radius 1 is 0.864 bits per heavy atom. The second kappa shape index (κ2) is 8.53. The maximum Gasteiger partial charge on any atom is 0.193 e. The van der Waals surface area contributed by atoms with Crippen LogP contribution in [-0.4, -0.2) is 5.78 Å². The van der Waals surface area contributed by atoms with E-state index in [4.69, 9.17) is 0 Å². The van der Waals surface area contributed by atoms with Crippen LogP contribution in [0.15, 0.2) is 54.6 Å². The van der Waals surface area contributed by atoms with Gasteiger partial charge in [-0.2, -0.15) is 0 Å². The van der Waals surface area contributed by atoms with Crippen molar-refractivity contribution in [3.8, 4) is 0 Å². The molecule has 0 aliphatic heterocycles. The Kier molecular flexibility index (Phi) is 6.39. The Morgan fingerprint density at radius 3 is 2.27 bits per heavy atom. The predicted molar refractivity (Wildman–Crippen MR) is 93.3 cm³/mol. The molecule has 0 N–H and O–H groups in total. The molecule has 2 aromatic carbocycles. The highest BCUT2D eigenvalue weighted by molar-refractivity contribution is 6.09. The van der Waals surface area contributed by atoms with E-state index in [0.29, 0.717) is 0 Å². The van der Waals surface area contributed by atoms with Crippen LogP contribution in [0.4, 0.5) is 0 Å². The molecule has 116 valence electrons. The van der Waals surface area contributed by atoms with Crippen LogP contribution in [0.25, 0.3) is 0 Å². The van der Waals surface area contributed by atoms with Crippen LogP contribution in [0.2, 0.25) is 0 Å². The van der Waals surface area contributed by atoms with Crippen LogP contribution < -0.4 is 0 Å². The highest BCUT2D eigenvalue weighted by atomic mass is 16.1. The first-order valence-electron chi connectivity index (χ1n) is 8.36. The number of rotatable bonds is 8. The van der Waals surface area contributed by atoms with Gasteiger partial charge in [0.2, 0.25) is 0 Å². The summed E-state index contributed by atoms with van der Waals surface area (Å²) in [6.45, 7) is 4.54. The molecule has 0 aliphatic carbocycles. The molecule has 22 heavy (non-hydrogen) atoms. The van der Waals surface area contributed by atoms with Gasteiger partial charge in [-0.3, -0.25) is 4.79 Å². The van der Waals surface area contributed by atoms with Gasteiger partial charge in [-0.1, -0.05) is 87.7 Å². The number of unbranched alkanes of at least 4 members (excludes halogenated alkanes) is 2. The second-order valence-corrected chi connectivity index (χ2v) is 6.35. The summed E-state index contributed by atoms with van der Waals surface area (Å²) in [6, 6.07) is 17.6. The largest absolute Gasteiger partial charge is 0.289 e. The summed E-state index contributed by atoms with van der Waals surface area (Å²) in [5, 5.41) is 0. The lowest BCUT2D eigenvalue weighted by molar-refractivity contribution is 0.103. The summed E-state index contributed by atoms with van der Waals surface area (Å²) in [4.78, 5) is 12.6. The van der Waals surface area contributed by atoms with Crippen molar-refractivity contribution < 1.29 is 4.79 Å². The first-order valence-corrected chi connectivity index (χ1v) is 8.36. The molecule has 0 saturated carbocycles. The third-order valence-corrected chi connectivity index (χ3v) is 4.03. The molecule has 1 nitrogen and oxygen atoms in total. The van der Waals surface area contributed by atoms with Crippen molar-refractivity contribution in [3.63, 3.8) is 0 Å². The summed E-state index contributed by atoms with van der Waals surface area (Å²) in [5.41, 5.74) is 2.81. The van der Waals surface area contributed by atoms with Crippen LogP contribution in [0.5, 0.6) is 0 Å². The lowest BCUT2D eigenvalue weighted by Gasteiger charge is -2.09. The van der Waals surface area contributed by atoms with Gasteiger partial charge in [-0.15, -0.1) is 0 Å². The van der Waals surface area contributed by atoms with E-state index >= 15 is 0 Å². The zero-order chi connectivity index (χ0) is 15.8. The lowest BCUT2D eigenvalue weighted by atomic mass is 9.94. The van der Waals surface area contributed by atoms with Crippen LogP contribution in [0.3, 0.4) is 0 Å². The van der Waals surface area contributed by atoms with Gasteiger partial charge in [-0.05, 0) is 24.3 Å². The van der Waals surface area contributed by atoms with Crippen molar-refractivity contribution in [2.24, 2.45) is 5.92 Å². The normalized spacial score (nSPS) is 10.9. The van der Waals surface area contributed by atoms with E-state index in [1.165, 1.54) is 24.8 Å². The van der Waals surface area contributed by atoms with Crippen LogP contribution in [0, 0.1) is 5.92 Å². The topological polar surface area (TPSA) is 17.1 Å². The Hall–Kier alpha value is -1.89. The van der Waals surface area contributed by atoms with Gasteiger partial charge >= 0.3 is 0 Å². The summed E-state index contributed by atoms with van der Waals surface area (Å²) >= 11 is 0. The lowest BCUT2D eigenvalue weighted by Crippen LogP contribution is -2.05. The van der Waals surface area contributed by atoms with E-state index < -0.39 is 0 Å². The summed E-state index contributed by atoms with van der Waals surface area (Å²) < 4.78 is 0. The average Bonchev–Trinajstić information content (AvgIpc) is 2.55. The Labute approximate surface area is 134 Å². The minimum Gasteiger partial charge on any atom is -0.289 e. The van der Waals surface area contributed by atoms with Gasteiger partial charge < -0.3 is 0 Å². The van der Waals surface area contributed by atoms with Crippen molar-refractivity contribution in [1.29, 1.82) is 0 Å². The number of carbonyl (C=O) groups excluding carboxylic acids is 1. The van der Waals surface area contributed by atoms with Crippen molar-refractivity contribution >= 4 is 5.78 Å². The number of hydrogen-bond acceptors (Lipinski definition) is 1. The zero-order valence-electron chi connectivity index (χ0n) is 13.7. The number of hydrogen-bond donors (Lipinski definition) is 0. The third-order valence-electron chi connectivity index (χ3n) is 4.03. The van der Waals surface area contributed by atoms with E-state index in [1.807, 2.05) is 48.5 Å². The average molecular weight is 294 g/mol. The number of carbonyl (C=O) groups is 1. The molecule has 2 aromatic rings. The molecule has 0 bridgehead atoms. The first-order chi connectivity index (χ1) is 10.7. The van der Waals surface area contributed by atoms with Gasteiger partial charge in [0.15, 0.2) is 5.78 Å². The Balaban J connectivity index is 2.00. The molecule has 0 unspecified atom stereocenters. The molecule has 0 saturated heterocycles. The van der Waals surface area contributed by atoms with Crippen molar-refractivity contribution in [1.82, 2.24) is 0 Å². The smallest absolute Gasteiger partial charge is 0.193 e. The zero-order valence-corrected chi connectivity index (χ0v) is 13.7. The van der Waals surface area contributed by atoms with E-state index in [9.17, 15) is 4.79 Å². The van der Waals surface area contributed by atoms with E-state index in [-0.39, 0.29) is 5.78 Å². The van der Waals surface area contributed by atoms with Crippen LogP contribution >= 0.6 is 0 Å². The molecule has 0 amide bonds. The van der Waals surface area contributed by atoms with Crippen molar-refractivity contribution in [3.05, 3.63) is 71.3 Å². The fourth-order valence-corrected chi connectivity index (χ4v) is 2.75. The Bertz CT molecular complexity index is 584. The van der Waals surface area contributed by atoms with Gasteiger partial charge in [0.25, 0.3) is 0 Å². The van der Waals surface area contributed by atoms with Gasteiger partial charge in [-0.25, -0.2) is 0 Å². The predicted octanol–water partition coefficient (Wildman–Crippen LogP) is 5.68. The number of aryl methyl sites for hydroxylation is 1. The molecule has 0 heterocycles. The highest BCUT2D eigenvalue weighted by Gasteiger charge is 2.12. The van der Waals surface area contributed by atoms with Gasteiger partial charge in [0, 0.05) is 11.1 Å². The number of ketones is 1. The quantitative estimate of drug-likeness (QED) is 0.452. The molecule has 2 rings (SSSR count). The molecule has 0 aromatic heterocycles. The van der Waals surface area contributed by atoms with E-state index in [2.05, 4.69) is 19.9 Å². The summed E-state index contributed by atoms with van der Waals surface area (Å²) in [7, 11) is 0. The molecule has 1 heteroatoms. The molecular weight excluding hydrogens is 268 g/mol. The molecule has 0 atom stereocenters. The molecule has 0 radical (unpaired) electrons. The third kappa shape index (κ3) is 4.84. The molecule has 0 fully saturated rings. The standard InChI is InChI=1S/C21H26O/c1-17(2)11-5-3-6-12-18-13-9-10-16-20(18)21(22)19-14-7-4-8-15-19/h4,7-10,13-17H,3,5-6,11-12H2,1-2H3. The minimum atomic E-state index is 0.137. The monoisotopic (exact) mass is 294 g/mol. The highest BCUT2D eigenvalue weighted by Crippen LogP contribution is 2.18. The van der Waals surface area contributed by atoms with Crippen LogP contribution in [-0.2, 0) is 6.42 Å². The van der Waals surface area contributed by atoms with Gasteiger partial charge in [0.1, 0.15) is 0 Å². The molecule has 0 aliphatic rings. The first kappa shape index (κ1) is 16.5. The summed E-state index contributed by atoms with van der Waals surface area (Å²) in [6.07, 6.45) is 5.97. The van der Waals surface area contributed by atoms with E-state index in [0.717, 1.165) is 29.9 Å². The fourth-order valence-electron chi connectivity index (χ4n) is 2.75. The minimum absolute atomic E-state index is 0.137. The van der Waals surface area contributed by atoms with Crippen molar-refractivity contribution in [2.45, 2.75) is 46.0 Å². The number of benzene rings is 2. The van der Waals surface area contributed by atoms with E-state index in [1.54, 1.807) is 0 Å². The summed E-state index contributed by atoms with van der Waals surface area (Å²) in [5.74, 6) is 0.922.